The Morgan fingerprint density at radius 2 is 1.78 bits per heavy atom. The van der Waals surface area contributed by atoms with E-state index in [0.29, 0.717) is 0 Å². The Morgan fingerprint density at radius 3 is 2.52 bits per heavy atom. The van der Waals surface area contributed by atoms with Gasteiger partial charge in [-0.05, 0) is 29.2 Å². The van der Waals surface area contributed by atoms with Crippen LogP contribution in [-0.4, -0.2) is 24.2 Å². The van der Waals surface area contributed by atoms with Crippen LogP contribution >= 0.6 is 0 Å². The largest absolute Gasteiger partial charge is 0.372 e. The van der Waals surface area contributed by atoms with E-state index in [9.17, 15) is 4.79 Å². The van der Waals surface area contributed by atoms with Crippen molar-refractivity contribution in [3.05, 3.63) is 48.0 Å². The molecule has 0 amide bonds. The van der Waals surface area contributed by atoms with Crippen molar-refractivity contribution >= 4 is 22.3 Å². The number of hydrogen-bond acceptors (Lipinski definition) is 3. The molecule has 0 aliphatic heterocycles. The van der Waals surface area contributed by atoms with Crippen molar-refractivity contribution in [3.8, 4) is 0 Å². The first kappa shape index (κ1) is 15.9. The molecular weight excluding hydrogens is 286 g/mol. The molecule has 0 saturated heterocycles. The fourth-order valence-corrected chi connectivity index (χ4v) is 3.64. The molecule has 1 saturated carbocycles. The van der Waals surface area contributed by atoms with Crippen LogP contribution in [-0.2, 0) is 16.0 Å². The first-order valence-corrected chi connectivity index (χ1v) is 8.30. The predicted molar refractivity (Wildman–Crippen MR) is 93.2 cm³/mol. The first-order valence-electron chi connectivity index (χ1n) is 8.30. The Hall–Kier alpha value is -2.00. The molecule has 0 aromatic heterocycles. The molecule has 1 fully saturated rings. The van der Waals surface area contributed by atoms with Crippen molar-refractivity contribution in [1.29, 1.82) is 5.41 Å². The number of Topliss-reactive ketones (excluding diaryl/α,β-unsaturated/α-hetero) is 1. The van der Waals surface area contributed by atoms with Crippen molar-refractivity contribution in [3.63, 3.8) is 0 Å². The van der Waals surface area contributed by atoms with E-state index in [4.69, 9.17) is 10.1 Å². The molecule has 3 heteroatoms. The number of rotatable bonds is 5. The van der Waals surface area contributed by atoms with Crippen molar-refractivity contribution in [1.82, 2.24) is 0 Å². The lowest BCUT2D eigenvalue weighted by atomic mass is 9.78. The summed E-state index contributed by atoms with van der Waals surface area (Å²) in [7, 11) is 1.63. The minimum Gasteiger partial charge on any atom is -0.372 e. The highest BCUT2D eigenvalue weighted by atomic mass is 16.5. The van der Waals surface area contributed by atoms with E-state index in [1.165, 1.54) is 0 Å². The zero-order chi connectivity index (χ0) is 16.3. The minimum atomic E-state index is -0.667. The van der Waals surface area contributed by atoms with Crippen LogP contribution in [0.3, 0.4) is 0 Å². The molecule has 23 heavy (non-hydrogen) atoms. The van der Waals surface area contributed by atoms with Crippen LogP contribution in [0.1, 0.15) is 37.7 Å². The number of carbonyl (C=O) groups is 1. The normalized spacial score (nSPS) is 17.1. The van der Waals surface area contributed by atoms with E-state index in [2.05, 4.69) is 0 Å². The molecule has 2 aromatic carbocycles. The number of ether oxygens (including phenoxy) is 1. The number of ketones is 1. The Balaban J connectivity index is 1.84. The van der Waals surface area contributed by atoms with Gasteiger partial charge >= 0.3 is 0 Å². The number of nitrogens with one attached hydrogen (secondary N) is 1. The Bertz CT molecular complexity index is 724. The van der Waals surface area contributed by atoms with Crippen molar-refractivity contribution in [2.45, 2.75) is 44.1 Å². The lowest BCUT2D eigenvalue weighted by Crippen LogP contribution is -2.46. The summed E-state index contributed by atoms with van der Waals surface area (Å²) >= 11 is 0. The highest BCUT2D eigenvalue weighted by Gasteiger charge is 2.39. The van der Waals surface area contributed by atoms with E-state index in [0.717, 1.165) is 48.4 Å². The fourth-order valence-electron chi connectivity index (χ4n) is 3.64. The average Bonchev–Trinajstić information content (AvgIpc) is 2.62. The maximum absolute atomic E-state index is 12.7. The van der Waals surface area contributed by atoms with Crippen LogP contribution in [0.2, 0.25) is 0 Å². The molecule has 0 heterocycles. The van der Waals surface area contributed by atoms with Crippen LogP contribution < -0.4 is 0 Å². The summed E-state index contributed by atoms with van der Waals surface area (Å²) in [4.78, 5) is 12.7. The van der Waals surface area contributed by atoms with E-state index in [-0.39, 0.29) is 17.9 Å². The van der Waals surface area contributed by atoms with Crippen LogP contribution in [0.25, 0.3) is 10.8 Å². The lowest BCUT2D eigenvalue weighted by molar-refractivity contribution is -0.114. The van der Waals surface area contributed by atoms with Gasteiger partial charge < -0.3 is 4.74 Å². The van der Waals surface area contributed by atoms with Crippen LogP contribution in [0.4, 0.5) is 0 Å². The number of benzene rings is 2. The third-order valence-electron chi connectivity index (χ3n) is 5.02. The van der Waals surface area contributed by atoms with E-state index in [1.807, 2.05) is 42.5 Å². The van der Waals surface area contributed by atoms with Crippen LogP contribution in [0.15, 0.2) is 42.5 Å². The van der Waals surface area contributed by atoms with Gasteiger partial charge in [0.15, 0.2) is 5.78 Å². The third-order valence-corrected chi connectivity index (χ3v) is 5.02. The molecule has 0 radical (unpaired) electrons. The standard InChI is InChI=1S/C20H23NO2/c1-23-20(12-5-2-6-13-20)19(21)18(22)14-16-10-7-9-15-8-3-4-11-17(15)16/h3-4,7-11,21H,2,5-6,12-14H2,1H3. The van der Waals surface area contributed by atoms with Gasteiger partial charge in [-0.3, -0.25) is 10.2 Å². The van der Waals surface area contributed by atoms with Crippen LogP contribution in [0, 0.1) is 5.41 Å². The SMILES string of the molecule is COC1(C(=N)C(=O)Cc2cccc3ccccc23)CCCCC1. The van der Waals surface area contributed by atoms with E-state index in [1.54, 1.807) is 7.11 Å². The Morgan fingerprint density at radius 1 is 1.09 bits per heavy atom. The van der Waals surface area contributed by atoms with Gasteiger partial charge in [0.05, 0.1) is 0 Å². The summed E-state index contributed by atoms with van der Waals surface area (Å²) in [6, 6.07) is 14.1. The summed E-state index contributed by atoms with van der Waals surface area (Å²) in [5.41, 5.74) is 0.465. The molecule has 1 aliphatic rings. The summed E-state index contributed by atoms with van der Waals surface area (Å²) < 4.78 is 5.64. The van der Waals surface area contributed by atoms with Crippen molar-refractivity contribution < 1.29 is 9.53 Å². The zero-order valence-corrected chi connectivity index (χ0v) is 13.6. The monoisotopic (exact) mass is 309 g/mol. The Labute approximate surface area is 137 Å². The number of hydrogen-bond donors (Lipinski definition) is 1. The van der Waals surface area contributed by atoms with Gasteiger partial charge in [0.1, 0.15) is 11.3 Å². The second-order valence-corrected chi connectivity index (χ2v) is 6.37. The van der Waals surface area contributed by atoms with Gasteiger partial charge in [0.25, 0.3) is 0 Å². The van der Waals surface area contributed by atoms with Gasteiger partial charge in [-0.15, -0.1) is 0 Å². The van der Waals surface area contributed by atoms with Gasteiger partial charge in [-0.1, -0.05) is 61.7 Å². The van der Waals surface area contributed by atoms with E-state index < -0.39 is 5.60 Å². The fraction of sp³-hybridized carbons (Fsp3) is 0.400. The predicted octanol–water partition coefficient (Wildman–Crippen LogP) is 4.32. The van der Waals surface area contributed by atoms with Crippen molar-refractivity contribution in [2.75, 3.05) is 7.11 Å². The number of carbonyl (C=O) groups excluding carboxylic acids is 1. The molecule has 0 bridgehead atoms. The van der Waals surface area contributed by atoms with Gasteiger partial charge in [0.2, 0.25) is 0 Å². The average molecular weight is 309 g/mol. The lowest BCUT2D eigenvalue weighted by Gasteiger charge is -2.35. The molecule has 2 aromatic rings. The quantitative estimate of drug-likeness (QED) is 0.836. The topological polar surface area (TPSA) is 50.1 Å². The molecule has 1 N–H and O–H groups in total. The summed E-state index contributed by atoms with van der Waals surface area (Å²) in [5, 5.41) is 10.6. The first-order chi connectivity index (χ1) is 11.2. The smallest absolute Gasteiger partial charge is 0.183 e. The highest BCUT2D eigenvalue weighted by molar-refractivity contribution is 6.42. The summed E-state index contributed by atoms with van der Waals surface area (Å²) in [5.74, 6) is -0.120. The molecule has 0 atom stereocenters. The molecule has 3 rings (SSSR count). The summed E-state index contributed by atoms with van der Waals surface area (Å²) in [6.45, 7) is 0. The zero-order valence-electron chi connectivity index (χ0n) is 13.6. The highest BCUT2D eigenvalue weighted by Crippen LogP contribution is 2.33. The van der Waals surface area contributed by atoms with Gasteiger partial charge in [0, 0.05) is 13.5 Å². The molecule has 3 nitrogen and oxygen atoms in total. The summed E-state index contributed by atoms with van der Waals surface area (Å²) in [6.07, 6.45) is 5.05. The van der Waals surface area contributed by atoms with Gasteiger partial charge in [-0.25, -0.2) is 0 Å². The van der Waals surface area contributed by atoms with Crippen LogP contribution in [0.5, 0.6) is 0 Å². The Kier molecular flexibility index (Phi) is 4.58. The minimum absolute atomic E-state index is 0.120. The molecule has 0 unspecified atom stereocenters. The van der Waals surface area contributed by atoms with E-state index >= 15 is 0 Å². The maximum Gasteiger partial charge on any atom is 0.183 e. The second-order valence-electron chi connectivity index (χ2n) is 6.37. The number of fused-ring (bicyclic) bond motifs is 1. The number of methoxy groups -OCH3 is 1. The maximum atomic E-state index is 12.7. The molecule has 0 spiro atoms. The van der Waals surface area contributed by atoms with Crippen molar-refractivity contribution in [2.24, 2.45) is 0 Å². The van der Waals surface area contributed by atoms with Gasteiger partial charge in [-0.2, -0.15) is 0 Å². The molecular formula is C20H23NO2. The molecule has 1 aliphatic carbocycles. The third kappa shape index (κ3) is 3.06. The molecule has 120 valence electrons. The second kappa shape index (κ2) is 6.63.